The zero-order valence-electron chi connectivity index (χ0n) is 11.2. The van der Waals surface area contributed by atoms with Crippen molar-refractivity contribution in [1.82, 2.24) is 4.90 Å². The number of carbonyl (C=O) groups excluding carboxylic acids is 1. The van der Waals surface area contributed by atoms with E-state index in [0.29, 0.717) is 13.0 Å². The van der Waals surface area contributed by atoms with E-state index in [1.165, 1.54) is 0 Å². The molecule has 0 bridgehead atoms. The summed E-state index contributed by atoms with van der Waals surface area (Å²) in [5.41, 5.74) is 6.84. The molecule has 0 aromatic heterocycles. The van der Waals surface area contributed by atoms with Crippen LogP contribution in [-0.4, -0.2) is 35.0 Å². The minimum Gasteiger partial charge on any atom is -0.508 e. The molecule has 102 valence electrons. The molecule has 4 heteroatoms. The molecule has 1 rings (SSSR count). The van der Waals surface area contributed by atoms with Crippen LogP contribution in [0.2, 0.25) is 0 Å². The average Bonchev–Trinajstić information content (AvgIpc) is 2.40. The Morgan fingerprint density at radius 3 is 2.63 bits per heavy atom. The van der Waals surface area contributed by atoms with Gasteiger partial charge in [-0.2, -0.15) is 0 Å². The number of hydrogen-bond acceptors (Lipinski definition) is 3. The molecule has 1 aromatic carbocycles. The first-order valence-electron chi connectivity index (χ1n) is 6.34. The van der Waals surface area contributed by atoms with Crippen LogP contribution < -0.4 is 5.73 Å². The van der Waals surface area contributed by atoms with Crippen molar-refractivity contribution in [3.8, 4) is 18.1 Å². The summed E-state index contributed by atoms with van der Waals surface area (Å²) in [6.45, 7) is 2.89. The minimum atomic E-state index is -0.607. The Hall–Kier alpha value is -1.99. The van der Waals surface area contributed by atoms with Crippen molar-refractivity contribution < 1.29 is 9.90 Å². The molecule has 0 aliphatic carbocycles. The van der Waals surface area contributed by atoms with Gasteiger partial charge in [-0.1, -0.05) is 25.0 Å². The quantitative estimate of drug-likeness (QED) is 0.754. The first kappa shape index (κ1) is 15.1. The number of phenols is 1. The summed E-state index contributed by atoms with van der Waals surface area (Å²) in [5, 5.41) is 9.20. The van der Waals surface area contributed by atoms with Crippen molar-refractivity contribution in [3.63, 3.8) is 0 Å². The lowest BCUT2D eigenvalue weighted by Gasteiger charge is -2.23. The molecule has 0 unspecified atom stereocenters. The Labute approximate surface area is 114 Å². The Kier molecular flexibility index (Phi) is 5.91. The van der Waals surface area contributed by atoms with Crippen LogP contribution >= 0.6 is 0 Å². The SMILES string of the molecule is C#CCN(CCC)C(=O)[C@H](N)Cc1ccc(O)cc1. The average molecular weight is 260 g/mol. The molecule has 1 amide bonds. The maximum atomic E-state index is 12.2. The van der Waals surface area contributed by atoms with Gasteiger partial charge in [0.2, 0.25) is 5.91 Å². The van der Waals surface area contributed by atoms with E-state index < -0.39 is 6.04 Å². The van der Waals surface area contributed by atoms with Crippen LogP contribution in [0.1, 0.15) is 18.9 Å². The lowest BCUT2D eigenvalue weighted by molar-refractivity contribution is -0.132. The van der Waals surface area contributed by atoms with Crippen LogP contribution in [0.15, 0.2) is 24.3 Å². The third kappa shape index (κ3) is 4.65. The second-order valence-corrected chi connectivity index (χ2v) is 4.44. The van der Waals surface area contributed by atoms with Crippen LogP contribution in [0.4, 0.5) is 0 Å². The normalized spacial score (nSPS) is 11.6. The first-order valence-corrected chi connectivity index (χ1v) is 6.34. The van der Waals surface area contributed by atoms with Crippen molar-refractivity contribution in [2.75, 3.05) is 13.1 Å². The molecule has 1 aromatic rings. The van der Waals surface area contributed by atoms with E-state index in [9.17, 15) is 9.90 Å². The predicted octanol–water partition coefficient (Wildman–Crippen LogP) is 1.13. The lowest BCUT2D eigenvalue weighted by Crippen LogP contribution is -2.45. The van der Waals surface area contributed by atoms with Gasteiger partial charge in [0.15, 0.2) is 0 Å². The van der Waals surface area contributed by atoms with E-state index in [1.54, 1.807) is 29.2 Å². The van der Waals surface area contributed by atoms with Crippen LogP contribution in [0.5, 0.6) is 5.75 Å². The predicted molar refractivity (Wildman–Crippen MR) is 75.5 cm³/mol. The van der Waals surface area contributed by atoms with Crippen LogP contribution in [0.3, 0.4) is 0 Å². The first-order chi connectivity index (χ1) is 9.08. The van der Waals surface area contributed by atoms with Crippen molar-refractivity contribution >= 4 is 5.91 Å². The highest BCUT2D eigenvalue weighted by atomic mass is 16.3. The molecule has 0 fully saturated rings. The Morgan fingerprint density at radius 2 is 2.11 bits per heavy atom. The summed E-state index contributed by atoms with van der Waals surface area (Å²) in [6.07, 6.45) is 6.54. The Bertz CT molecular complexity index is 448. The molecule has 3 N–H and O–H groups in total. The second-order valence-electron chi connectivity index (χ2n) is 4.44. The molecule has 0 aliphatic heterocycles. The standard InChI is InChI=1S/C15H20N2O2/c1-3-9-17(10-4-2)15(19)14(16)11-12-5-7-13(18)8-6-12/h1,5-8,14,18H,4,9-11,16H2,2H3/t14-/m1/s1. The molecule has 19 heavy (non-hydrogen) atoms. The number of nitrogens with two attached hydrogens (primary N) is 1. The summed E-state index contributed by atoms with van der Waals surface area (Å²) >= 11 is 0. The van der Waals surface area contributed by atoms with E-state index in [0.717, 1.165) is 12.0 Å². The number of hydrogen-bond donors (Lipinski definition) is 2. The number of benzene rings is 1. The highest BCUT2D eigenvalue weighted by Crippen LogP contribution is 2.11. The van der Waals surface area contributed by atoms with Gasteiger partial charge >= 0.3 is 0 Å². The number of carbonyl (C=O) groups is 1. The zero-order chi connectivity index (χ0) is 14.3. The maximum absolute atomic E-state index is 12.2. The molecule has 0 saturated heterocycles. The smallest absolute Gasteiger partial charge is 0.240 e. The van der Waals surface area contributed by atoms with Gasteiger partial charge in [-0.3, -0.25) is 4.79 Å². The summed E-state index contributed by atoms with van der Waals surface area (Å²) in [4.78, 5) is 13.8. The van der Waals surface area contributed by atoms with Crippen molar-refractivity contribution in [3.05, 3.63) is 29.8 Å². The number of amides is 1. The van der Waals surface area contributed by atoms with E-state index >= 15 is 0 Å². The molecule has 0 radical (unpaired) electrons. The zero-order valence-corrected chi connectivity index (χ0v) is 11.2. The van der Waals surface area contributed by atoms with Crippen LogP contribution in [-0.2, 0) is 11.2 Å². The topological polar surface area (TPSA) is 66.6 Å². The molecule has 4 nitrogen and oxygen atoms in total. The Morgan fingerprint density at radius 1 is 1.47 bits per heavy atom. The van der Waals surface area contributed by atoms with Crippen LogP contribution in [0.25, 0.3) is 0 Å². The molecule has 0 spiro atoms. The van der Waals surface area contributed by atoms with Gasteiger partial charge in [-0.05, 0) is 30.5 Å². The monoisotopic (exact) mass is 260 g/mol. The maximum Gasteiger partial charge on any atom is 0.240 e. The number of rotatable bonds is 6. The van der Waals surface area contributed by atoms with Gasteiger partial charge in [0.1, 0.15) is 5.75 Å². The van der Waals surface area contributed by atoms with Gasteiger partial charge in [-0.25, -0.2) is 0 Å². The summed E-state index contributed by atoms with van der Waals surface area (Å²) in [5.74, 6) is 2.54. The highest BCUT2D eigenvalue weighted by Gasteiger charge is 2.20. The lowest BCUT2D eigenvalue weighted by atomic mass is 10.1. The number of nitrogens with zero attached hydrogens (tertiary/aromatic N) is 1. The number of phenolic OH excluding ortho intramolecular Hbond substituents is 1. The van der Waals surface area contributed by atoms with E-state index in [1.807, 2.05) is 6.92 Å². The molecule has 0 saturated carbocycles. The van der Waals surface area contributed by atoms with E-state index in [2.05, 4.69) is 5.92 Å². The van der Waals surface area contributed by atoms with Crippen molar-refractivity contribution in [2.45, 2.75) is 25.8 Å². The fourth-order valence-electron chi connectivity index (χ4n) is 1.86. The number of terminal acetylenes is 1. The minimum absolute atomic E-state index is 0.132. The fourth-order valence-corrected chi connectivity index (χ4v) is 1.86. The van der Waals surface area contributed by atoms with Crippen LogP contribution in [0, 0.1) is 12.3 Å². The van der Waals surface area contributed by atoms with Gasteiger partial charge in [-0.15, -0.1) is 6.42 Å². The fraction of sp³-hybridized carbons (Fsp3) is 0.400. The number of aromatic hydroxyl groups is 1. The molecular formula is C15H20N2O2. The molecule has 0 heterocycles. The largest absolute Gasteiger partial charge is 0.508 e. The third-order valence-corrected chi connectivity index (χ3v) is 2.80. The van der Waals surface area contributed by atoms with Gasteiger partial charge in [0.25, 0.3) is 0 Å². The molecular weight excluding hydrogens is 240 g/mol. The van der Waals surface area contributed by atoms with Gasteiger partial charge in [0, 0.05) is 6.54 Å². The van der Waals surface area contributed by atoms with E-state index in [-0.39, 0.29) is 18.2 Å². The molecule has 0 aliphatic rings. The third-order valence-electron chi connectivity index (χ3n) is 2.80. The highest BCUT2D eigenvalue weighted by molar-refractivity contribution is 5.82. The van der Waals surface area contributed by atoms with Gasteiger partial charge in [0.05, 0.1) is 12.6 Å². The summed E-state index contributed by atoms with van der Waals surface area (Å²) in [7, 11) is 0. The summed E-state index contributed by atoms with van der Waals surface area (Å²) < 4.78 is 0. The van der Waals surface area contributed by atoms with Crippen molar-refractivity contribution in [2.24, 2.45) is 5.73 Å². The summed E-state index contributed by atoms with van der Waals surface area (Å²) in [6, 6.07) is 6.07. The van der Waals surface area contributed by atoms with Crippen molar-refractivity contribution in [1.29, 1.82) is 0 Å². The molecule has 1 atom stereocenters. The Balaban J connectivity index is 2.65. The van der Waals surface area contributed by atoms with E-state index in [4.69, 9.17) is 12.2 Å². The second kappa shape index (κ2) is 7.45. The van der Waals surface area contributed by atoms with Gasteiger partial charge < -0.3 is 15.7 Å².